The van der Waals surface area contributed by atoms with Gasteiger partial charge in [0.1, 0.15) is 6.61 Å². The number of carbonyl (C=O) groups is 1. The maximum absolute atomic E-state index is 13.2. The van der Waals surface area contributed by atoms with Gasteiger partial charge in [-0.15, -0.1) is 0 Å². The number of piperidine rings is 1. The molecule has 0 radical (unpaired) electrons. The zero-order valence-corrected chi connectivity index (χ0v) is 18.1. The summed E-state index contributed by atoms with van der Waals surface area (Å²) in [6.45, 7) is 3.40. The Bertz CT molecular complexity index is 898. The first-order valence-corrected chi connectivity index (χ1v) is 11.5. The predicted octanol–water partition coefficient (Wildman–Crippen LogP) is 4.72. The number of ether oxygens (including phenoxy) is 2. The van der Waals surface area contributed by atoms with E-state index in [4.69, 9.17) is 9.47 Å². The molecule has 2 bridgehead atoms. The molecule has 0 spiro atoms. The number of morpholine rings is 1. The predicted molar refractivity (Wildman–Crippen MR) is 119 cm³/mol. The number of aliphatic hydroxyl groups is 1. The number of hydrogen-bond donors (Lipinski definition) is 1. The molecule has 5 rings (SSSR count). The molecule has 1 aliphatic carbocycles. The molecule has 2 atom stereocenters. The van der Waals surface area contributed by atoms with Crippen LogP contribution in [0.3, 0.4) is 0 Å². The van der Waals surface area contributed by atoms with Gasteiger partial charge in [0.25, 0.3) is 0 Å². The van der Waals surface area contributed by atoms with Gasteiger partial charge in [0.2, 0.25) is 0 Å². The number of carbonyl (C=O) groups excluding carboxylic acids is 1. The van der Waals surface area contributed by atoms with E-state index < -0.39 is 5.60 Å². The van der Waals surface area contributed by atoms with E-state index in [2.05, 4.69) is 43.3 Å². The number of amides is 1. The molecule has 164 valence electrons. The van der Waals surface area contributed by atoms with Crippen LogP contribution in [0, 0.1) is 0 Å². The SMILES string of the molecule is CCCCC1(O)CC2COCC(C1)N2C(=O)OCC1c2ccccc2-c2ccccc21. The van der Waals surface area contributed by atoms with Crippen LogP contribution < -0.4 is 0 Å². The molecule has 2 aliphatic heterocycles. The van der Waals surface area contributed by atoms with Gasteiger partial charge in [-0.1, -0.05) is 68.3 Å². The van der Waals surface area contributed by atoms with Crippen LogP contribution in [0.4, 0.5) is 4.79 Å². The molecule has 2 unspecified atom stereocenters. The van der Waals surface area contributed by atoms with Crippen molar-refractivity contribution in [1.29, 1.82) is 0 Å². The van der Waals surface area contributed by atoms with Crippen molar-refractivity contribution in [2.24, 2.45) is 0 Å². The minimum Gasteiger partial charge on any atom is -0.448 e. The Morgan fingerprint density at radius 2 is 1.65 bits per heavy atom. The summed E-state index contributed by atoms with van der Waals surface area (Å²) in [5.74, 6) is 0.0544. The third kappa shape index (κ3) is 3.74. The summed E-state index contributed by atoms with van der Waals surface area (Å²) in [4.78, 5) is 15.0. The highest BCUT2D eigenvalue weighted by Crippen LogP contribution is 2.45. The maximum Gasteiger partial charge on any atom is 0.410 e. The van der Waals surface area contributed by atoms with Gasteiger partial charge >= 0.3 is 6.09 Å². The quantitative estimate of drug-likeness (QED) is 0.759. The largest absolute Gasteiger partial charge is 0.448 e. The second kappa shape index (κ2) is 8.29. The van der Waals surface area contributed by atoms with Crippen molar-refractivity contribution in [3.8, 4) is 11.1 Å². The van der Waals surface area contributed by atoms with Crippen LogP contribution in [0.1, 0.15) is 56.1 Å². The molecule has 3 aliphatic rings. The molecular formula is C26H31NO4. The summed E-state index contributed by atoms with van der Waals surface area (Å²) >= 11 is 0. The van der Waals surface area contributed by atoms with E-state index in [0.717, 1.165) is 19.3 Å². The minimum absolute atomic E-state index is 0.0544. The molecule has 1 amide bonds. The lowest BCUT2D eigenvalue weighted by atomic mass is 9.78. The highest BCUT2D eigenvalue weighted by Gasteiger charge is 2.48. The molecule has 5 heteroatoms. The van der Waals surface area contributed by atoms with E-state index in [1.807, 2.05) is 17.0 Å². The topological polar surface area (TPSA) is 59.0 Å². The monoisotopic (exact) mass is 421 g/mol. The van der Waals surface area contributed by atoms with Crippen molar-refractivity contribution in [2.75, 3.05) is 19.8 Å². The molecule has 2 aromatic carbocycles. The van der Waals surface area contributed by atoms with Crippen molar-refractivity contribution < 1.29 is 19.4 Å². The average Bonchev–Trinajstić information content (AvgIpc) is 3.09. The van der Waals surface area contributed by atoms with Gasteiger partial charge in [-0.2, -0.15) is 0 Å². The molecule has 1 N–H and O–H groups in total. The number of nitrogens with zero attached hydrogens (tertiary/aromatic N) is 1. The summed E-state index contributed by atoms with van der Waals surface area (Å²) in [6.07, 6.45) is 3.69. The smallest absolute Gasteiger partial charge is 0.410 e. The molecule has 2 fully saturated rings. The van der Waals surface area contributed by atoms with Crippen LogP contribution in [0.2, 0.25) is 0 Å². The van der Waals surface area contributed by atoms with Gasteiger partial charge in [0.15, 0.2) is 0 Å². The third-order valence-corrected chi connectivity index (χ3v) is 7.18. The molecule has 0 saturated carbocycles. The summed E-state index contributed by atoms with van der Waals surface area (Å²) in [5, 5.41) is 11.1. The number of unbranched alkanes of at least 4 members (excludes halogenated alkanes) is 1. The Hall–Kier alpha value is -2.37. The Balaban J connectivity index is 1.30. The summed E-state index contributed by atoms with van der Waals surface area (Å²) < 4.78 is 11.6. The van der Waals surface area contributed by atoms with E-state index in [1.54, 1.807) is 0 Å². The molecular weight excluding hydrogens is 390 g/mol. The normalized spacial score (nSPS) is 27.0. The van der Waals surface area contributed by atoms with Crippen molar-refractivity contribution >= 4 is 6.09 Å². The Morgan fingerprint density at radius 3 is 2.23 bits per heavy atom. The van der Waals surface area contributed by atoms with Crippen LogP contribution in [-0.4, -0.2) is 53.6 Å². The lowest BCUT2D eigenvalue weighted by molar-refractivity contribution is -0.135. The summed E-state index contributed by atoms with van der Waals surface area (Å²) in [6, 6.07) is 16.5. The van der Waals surface area contributed by atoms with Gasteiger partial charge in [-0.25, -0.2) is 4.79 Å². The number of hydrogen-bond acceptors (Lipinski definition) is 4. The van der Waals surface area contributed by atoms with Crippen LogP contribution in [0.5, 0.6) is 0 Å². The van der Waals surface area contributed by atoms with E-state index in [9.17, 15) is 9.90 Å². The molecule has 2 aromatic rings. The van der Waals surface area contributed by atoms with Crippen molar-refractivity contribution in [3.05, 3.63) is 59.7 Å². The zero-order chi connectivity index (χ0) is 21.4. The lowest BCUT2D eigenvalue weighted by Gasteiger charge is -2.51. The van der Waals surface area contributed by atoms with Crippen LogP contribution in [0.15, 0.2) is 48.5 Å². The molecule has 2 heterocycles. The van der Waals surface area contributed by atoms with Crippen LogP contribution in [-0.2, 0) is 9.47 Å². The molecule has 5 nitrogen and oxygen atoms in total. The fourth-order valence-electron chi connectivity index (χ4n) is 5.75. The standard InChI is InChI=1S/C26H31NO4/c1-2-3-12-26(29)13-18-15-30-16-19(14-26)27(18)25(28)31-17-24-22-10-6-4-8-20(22)21-9-5-7-11-23(21)24/h4-11,18-19,24,29H,2-3,12-17H2,1H3. The molecule has 31 heavy (non-hydrogen) atoms. The Kier molecular flexibility index (Phi) is 5.49. The minimum atomic E-state index is -0.699. The van der Waals surface area contributed by atoms with Gasteiger partial charge in [-0.3, -0.25) is 4.90 Å². The first kappa shape index (κ1) is 20.5. The zero-order valence-electron chi connectivity index (χ0n) is 18.1. The van der Waals surface area contributed by atoms with Gasteiger partial charge < -0.3 is 14.6 Å². The van der Waals surface area contributed by atoms with E-state index in [1.165, 1.54) is 22.3 Å². The van der Waals surface area contributed by atoms with E-state index in [0.29, 0.717) is 32.7 Å². The lowest BCUT2D eigenvalue weighted by Crippen LogP contribution is -2.63. The van der Waals surface area contributed by atoms with E-state index >= 15 is 0 Å². The first-order valence-electron chi connectivity index (χ1n) is 11.5. The highest BCUT2D eigenvalue weighted by molar-refractivity contribution is 5.79. The number of rotatable bonds is 5. The molecule has 0 aromatic heterocycles. The summed E-state index contributed by atoms with van der Waals surface area (Å²) in [5.41, 5.74) is 4.18. The third-order valence-electron chi connectivity index (χ3n) is 7.18. The van der Waals surface area contributed by atoms with Crippen molar-refractivity contribution in [3.63, 3.8) is 0 Å². The van der Waals surface area contributed by atoms with Crippen LogP contribution in [0.25, 0.3) is 11.1 Å². The van der Waals surface area contributed by atoms with Gasteiger partial charge in [0.05, 0.1) is 30.9 Å². The fourth-order valence-corrected chi connectivity index (χ4v) is 5.75. The van der Waals surface area contributed by atoms with Crippen molar-refractivity contribution in [1.82, 2.24) is 4.90 Å². The first-order chi connectivity index (χ1) is 15.1. The molecule has 2 saturated heterocycles. The van der Waals surface area contributed by atoms with E-state index in [-0.39, 0.29) is 24.1 Å². The number of benzene rings is 2. The van der Waals surface area contributed by atoms with Crippen LogP contribution >= 0.6 is 0 Å². The Morgan fingerprint density at radius 1 is 1.06 bits per heavy atom. The average molecular weight is 422 g/mol. The Labute approximate surface area is 184 Å². The number of fused-ring (bicyclic) bond motifs is 5. The second-order valence-corrected chi connectivity index (χ2v) is 9.29. The van der Waals surface area contributed by atoms with Crippen molar-refractivity contribution in [2.45, 2.75) is 62.6 Å². The maximum atomic E-state index is 13.2. The second-order valence-electron chi connectivity index (χ2n) is 9.29. The highest BCUT2D eigenvalue weighted by atomic mass is 16.6. The summed E-state index contributed by atoms with van der Waals surface area (Å²) in [7, 11) is 0. The van der Waals surface area contributed by atoms with Gasteiger partial charge in [0, 0.05) is 5.92 Å². The van der Waals surface area contributed by atoms with Gasteiger partial charge in [-0.05, 0) is 41.5 Å². The fraction of sp³-hybridized carbons (Fsp3) is 0.500.